The summed E-state index contributed by atoms with van der Waals surface area (Å²) < 4.78 is 12.8. The average Bonchev–Trinajstić information content (AvgIpc) is 3.32. The Balaban J connectivity index is 1.24. The first-order valence-electron chi connectivity index (χ1n) is 9.31. The number of hydrogen-bond acceptors (Lipinski definition) is 5. The van der Waals surface area contributed by atoms with E-state index >= 15 is 0 Å². The molecule has 0 bridgehead atoms. The number of benzene rings is 2. The Bertz CT molecular complexity index is 1040. The molecule has 0 spiro atoms. The highest BCUT2D eigenvalue weighted by Crippen LogP contribution is 2.34. The standard InChI is InChI=1S/C20H21N5O3/c1-23-16-5-3-2-4-15(16)22-19(23)24-8-10-25(11-9-24)20(26)21-14-6-7-17-18(12-14)28-13-27-17/h2-7,12H,8-11,13H2,1H3,(H,21,26). The lowest BCUT2D eigenvalue weighted by molar-refractivity contribution is 0.174. The van der Waals surface area contributed by atoms with Gasteiger partial charge in [-0.1, -0.05) is 12.1 Å². The van der Waals surface area contributed by atoms with Crippen LogP contribution in [-0.2, 0) is 7.05 Å². The predicted molar refractivity (Wildman–Crippen MR) is 106 cm³/mol. The first-order chi connectivity index (χ1) is 13.7. The fourth-order valence-corrected chi connectivity index (χ4v) is 3.70. The highest BCUT2D eigenvalue weighted by Gasteiger charge is 2.24. The highest BCUT2D eigenvalue weighted by molar-refractivity contribution is 5.90. The second-order valence-corrected chi connectivity index (χ2v) is 6.93. The highest BCUT2D eigenvalue weighted by atomic mass is 16.7. The van der Waals surface area contributed by atoms with E-state index in [1.54, 1.807) is 6.07 Å². The van der Waals surface area contributed by atoms with Crippen LogP contribution >= 0.6 is 0 Å². The number of aromatic nitrogens is 2. The third-order valence-electron chi connectivity index (χ3n) is 5.24. The summed E-state index contributed by atoms with van der Waals surface area (Å²) in [6, 6.07) is 13.4. The van der Waals surface area contributed by atoms with Gasteiger partial charge in [-0.2, -0.15) is 0 Å². The van der Waals surface area contributed by atoms with Crippen LogP contribution in [0.4, 0.5) is 16.4 Å². The van der Waals surface area contributed by atoms with Crippen LogP contribution in [0.25, 0.3) is 11.0 Å². The molecule has 0 saturated carbocycles. The maximum Gasteiger partial charge on any atom is 0.321 e. The number of urea groups is 1. The first kappa shape index (κ1) is 16.7. The van der Waals surface area contributed by atoms with Crippen LogP contribution in [0, 0.1) is 0 Å². The molecular formula is C20H21N5O3. The summed E-state index contributed by atoms with van der Waals surface area (Å²) >= 11 is 0. The van der Waals surface area contributed by atoms with E-state index in [0.29, 0.717) is 30.3 Å². The molecule has 0 radical (unpaired) electrons. The number of nitrogens with zero attached hydrogens (tertiary/aromatic N) is 4. The number of para-hydroxylation sites is 2. The van der Waals surface area contributed by atoms with Crippen molar-refractivity contribution in [3.63, 3.8) is 0 Å². The quantitative estimate of drug-likeness (QED) is 0.741. The van der Waals surface area contributed by atoms with Crippen molar-refractivity contribution >= 4 is 28.7 Å². The van der Waals surface area contributed by atoms with Crippen LogP contribution < -0.4 is 19.7 Å². The molecule has 2 amide bonds. The zero-order chi connectivity index (χ0) is 19.1. The minimum Gasteiger partial charge on any atom is -0.454 e. The monoisotopic (exact) mass is 379 g/mol. The Kier molecular flexibility index (Phi) is 3.96. The van der Waals surface area contributed by atoms with E-state index in [2.05, 4.69) is 20.9 Å². The Morgan fingerprint density at radius 3 is 2.64 bits per heavy atom. The van der Waals surface area contributed by atoms with Crippen molar-refractivity contribution in [1.82, 2.24) is 14.5 Å². The summed E-state index contributed by atoms with van der Waals surface area (Å²) in [4.78, 5) is 21.4. The van der Waals surface area contributed by atoms with Gasteiger partial charge in [0, 0.05) is 45.0 Å². The van der Waals surface area contributed by atoms with Crippen molar-refractivity contribution in [2.75, 3.05) is 43.2 Å². The number of carbonyl (C=O) groups is 1. The van der Waals surface area contributed by atoms with E-state index in [9.17, 15) is 4.79 Å². The summed E-state index contributed by atoms with van der Waals surface area (Å²) in [6.07, 6.45) is 0. The van der Waals surface area contributed by atoms with Crippen molar-refractivity contribution < 1.29 is 14.3 Å². The van der Waals surface area contributed by atoms with Crippen molar-refractivity contribution in [2.24, 2.45) is 7.05 Å². The molecule has 1 saturated heterocycles. The van der Waals surface area contributed by atoms with Gasteiger partial charge in [0.25, 0.3) is 0 Å². The zero-order valence-electron chi connectivity index (χ0n) is 15.6. The van der Waals surface area contributed by atoms with E-state index in [1.807, 2.05) is 42.3 Å². The van der Waals surface area contributed by atoms with Crippen LogP contribution in [0.3, 0.4) is 0 Å². The number of nitrogens with one attached hydrogen (secondary N) is 1. The molecule has 0 aliphatic carbocycles. The first-order valence-corrected chi connectivity index (χ1v) is 9.31. The third kappa shape index (κ3) is 2.87. The van der Waals surface area contributed by atoms with Crippen LogP contribution in [0.5, 0.6) is 11.5 Å². The van der Waals surface area contributed by atoms with Gasteiger partial charge in [-0.25, -0.2) is 9.78 Å². The lowest BCUT2D eigenvalue weighted by atomic mass is 10.3. The molecule has 8 nitrogen and oxygen atoms in total. The zero-order valence-corrected chi connectivity index (χ0v) is 15.6. The molecule has 144 valence electrons. The van der Waals surface area contributed by atoms with E-state index in [0.717, 1.165) is 30.1 Å². The maximum atomic E-state index is 12.6. The Labute approximate surface area is 162 Å². The van der Waals surface area contributed by atoms with Crippen LogP contribution in [0.1, 0.15) is 0 Å². The number of rotatable bonds is 2. The molecular weight excluding hydrogens is 358 g/mol. The molecule has 5 rings (SSSR count). The normalized spacial score (nSPS) is 15.9. The number of piperazine rings is 1. The van der Waals surface area contributed by atoms with Gasteiger partial charge in [0.05, 0.1) is 11.0 Å². The Morgan fingerprint density at radius 1 is 1.04 bits per heavy atom. The van der Waals surface area contributed by atoms with Gasteiger partial charge in [-0.15, -0.1) is 0 Å². The summed E-state index contributed by atoms with van der Waals surface area (Å²) in [5.74, 6) is 2.30. The Morgan fingerprint density at radius 2 is 1.82 bits per heavy atom. The van der Waals surface area contributed by atoms with E-state index < -0.39 is 0 Å². The smallest absolute Gasteiger partial charge is 0.321 e. The van der Waals surface area contributed by atoms with Crippen molar-refractivity contribution in [3.8, 4) is 11.5 Å². The van der Waals surface area contributed by atoms with Crippen molar-refractivity contribution in [1.29, 1.82) is 0 Å². The minimum absolute atomic E-state index is 0.108. The molecule has 2 aliphatic heterocycles. The summed E-state index contributed by atoms with van der Waals surface area (Å²) in [5, 5.41) is 2.94. The van der Waals surface area contributed by atoms with E-state index in [1.165, 1.54) is 0 Å². The van der Waals surface area contributed by atoms with Gasteiger partial charge < -0.3 is 29.2 Å². The number of aryl methyl sites for hydroxylation is 1. The predicted octanol–water partition coefficient (Wildman–Crippen LogP) is 2.66. The molecule has 0 atom stereocenters. The fraction of sp³-hybridized carbons (Fsp3) is 0.300. The molecule has 28 heavy (non-hydrogen) atoms. The van der Waals surface area contributed by atoms with Gasteiger partial charge in [-0.3, -0.25) is 0 Å². The number of fused-ring (bicyclic) bond motifs is 2. The molecule has 2 aromatic carbocycles. The van der Waals surface area contributed by atoms with Crippen molar-refractivity contribution in [3.05, 3.63) is 42.5 Å². The maximum absolute atomic E-state index is 12.6. The molecule has 8 heteroatoms. The van der Waals surface area contributed by atoms with Gasteiger partial charge in [0.1, 0.15) is 0 Å². The van der Waals surface area contributed by atoms with Gasteiger partial charge in [0.15, 0.2) is 11.5 Å². The molecule has 2 aliphatic rings. The molecule has 0 unspecified atom stereocenters. The number of ether oxygens (including phenoxy) is 2. The summed E-state index contributed by atoms with van der Waals surface area (Å²) in [5.41, 5.74) is 2.80. The number of hydrogen-bond donors (Lipinski definition) is 1. The van der Waals surface area contributed by atoms with Gasteiger partial charge in [-0.05, 0) is 24.3 Å². The van der Waals surface area contributed by atoms with Crippen LogP contribution in [0.2, 0.25) is 0 Å². The molecule has 1 N–H and O–H groups in total. The third-order valence-corrected chi connectivity index (χ3v) is 5.24. The number of carbonyl (C=O) groups excluding carboxylic acids is 1. The molecule has 1 fully saturated rings. The number of amides is 2. The molecule has 1 aromatic heterocycles. The fourth-order valence-electron chi connectivity index (χ4n) is 3.70. The minimum atomic E-state index is -0.108. The lowest BCUT2D eigenvalue weighted by Gasteiger charge is -2.35. The van der Waals surface area contributed by atoms with Gasteiger partial charge in [0.2, 0.25) is 12.7 Å². The summed E-state index contributed by atoms with van der Waals surface area (Å²) in [7, 11) is 2.03. The molecule has 3 heterocycles. The largest absolute Gasteiger partial charge is 0.454 e. The van der Waals surface area contributed by atoms with Crippen LogP contribution in [0.15, 0.2) is 42.5 Å². The number of imidazole rings is 1. The molecule has 3 aromatic rings. The topological polar surface area (TPSA) is 71.9 Å². The lowest BCUT2D eigenvalue weighted by Crippen LogP contribution is -2.50. The Hall–Kier alpha value is -3.42. The van der Waals surface area contributed by atoms with E-state index in [-0.39, 0.29) is 12.8 Å². The van der Waals surface area contributed by atoms with E-state index in [4.69, 9.17) is 14.5 Å². The SMILES string of the molecule is Cn1c(N2CCN(C(=O)Nc3ccc4c(c3)OCO4)CC2)nc2ccccc21. The average molecular weight is 379 g/mol. The van der Waals surface area contributed by atoms with Crippen molar-refractivity contribution in [2.45, 2.75) is 0 Å². The van der Waals surface area contributed by atoms with Crippen LogP contribution in [-0.4, -0.2) is 53.5 Å². The summed E-state index contributed by atoms with van der Waals surface area (Å²) in [6.45, 7) is 2.98. The second kappa shape index (κ2) is 6.63. The number of anilines is 2. The second-order valence-electron chi connectivity index (χ2n) is 6.93. The van der Waals surface area contributed by atoms with Gasteiger partial charge >= 0.3 is 6.03 Å².